The average Bonchev–Trinajstić information content (AvgIpc) is 3.17. The molecule has 0 atom stereocenters. The molecule has 0 radical (unpaired) electrons. The van der Waals surface area contributed by atoms with Gasteiger partial charge < -0.3 is 20.1 Å². The summed E-state index contributed by atoms with van der Waals surface area (Å²) in [6.45, 7) is 0. The van der Waals surface area contributed by atoms with Crippen molar-refractivity contribution in [2.24, 2.45) is 9.98 Å². The van der Waals surface area contributed by atoms with Gasteiger partial charge in [0.15, 0.2) is 5.91 Å². The molecule has 0 spiro atoms. The standard InChI is InChI=1S/C22H5Cl8N3O2.2Na/c23-13-9(10(6-34)14(24)18(28)17(13)27)5-31-7-1-3-8(4-2-7)32-21-11-12(22(35)33-21)16(26)20(30)19(29)15(11)25;;/h1-4H,(H,32,33,34,35);;/q-2;2*+1/p-1. The second-order valence-corrected chi connectivity index (χ2v) is 9.73. The van der Waals surface area contributed by atoms with Crippen molar-refractivity contribution in [3.05, 3.63) is 92.0 Å². The number of hydrogen-bond acceptors (Lipinski definition) is 4. The van der Waals surface area contributed by atoms with Crippen molar-refractivity contribution in [2.45, 2.75) is 0 Å². The maximum atomic E-state index is 12.3. The van der Waals surface area contributed by atoms with Crippen LogP contribution in [0, 0.1) is 0 Å². The van der Waals surface area contributed by atoms with Crippen molar-refractivity contribution in [1.82, 2.24) is 0 Å². The summed E-state index contributed by atoms with van der Waals surface area (Å²) >= 11 is 48.8. The first-order valence-corrected chi connectivity index (χ1v) is 12.1. The number of aliphatic imine (C=N–C) groups is 2. The molecule has 0 saturated heterocycles. The third-order valence-electron chi connectivity index (χ3n) is 4.66. The van der Waals surface area contributed by atoms with Crippen molar-refractivity contribution in [3.8, 4) is 0 Å². The van der Waals surface area contributed by atoms with Crippen LogP contribution in [0.3, 0.4) is 0 Å². The van der Waals surface area contributed by atoms with E-state index in [0.29, 0.717) is 11.4 Å². The van der Waals surface area contributed by atoms with E-state index in [9.17, 15) is 9.59 Å². The van der Waals surface area contributed by atoms with Crippen LogP contribution in [0.2, 0.25) is 40.2 Å². The SMILES string of the molecule is O=[C-]c1c(Cl)c(Cl)c(Cl)c(Cl)c1[C-]=Nc1ccc(N=C2[N-]C(=O)c3c(Cl)c(Cl)c(Cl)c(Cl)c32)cc1.[Na+].[Na+]. The molecule has 178 valence electrons. The molecule has 5 nitrogen and oxygen atoms in total. The van der Waals surface area contributed by atoms with E-state index in [1.54, 1.807) is 30.6 Å². The van der Waals surface area contributed by atoms with Crippen molar-refractivity contribution in [3.63, 3.8) is 0 Å². The summed E-state index contributed by atoms with van der Waals surface area (Å²) in [5, 5.41) is 3.53. The normalized spacial score (nSPS) is 13.3. The van der Waals surface area contributed by atoms with E-state index in [0.717, 1.165) is 0 Å². The molecule has 1 aliphatic heterocycles. The fourth-order valence-corrected chi connectivity index (χ4v) is 4.96. The van der Waals surface area contributed by atoms with Gasteiger partial charge in [0, 0.05) is 27.5 Å². The Hall–Kier alpha value is 0.460. The monoisotopic (exact) mass is 668 g/mol. The van der Waals surface area contributed by atoms with Crippen LogP contribution in [0.5, 0.6) is 0 Å². The molecule has 15 heteroatoms. The summed E-state index contributed by atoms with van der Waals surface area (Å²) in [6, 6.07) is 6.36. The Kier molecular flexibility index (Phi) is 12.6. The molecule has 0 saturated carbocycles. The number of benzene rings is 3. The summed E-state index contributed by atoms with van der Waals surface area (Å²) in [5.41, 5.74) is 0.959. The van der Waals surface area contributed by atoms with Crippen LogP contribution in [0.1, 0.15) is 27.0 Å². The predicted molar refractivity (Wildman–Crippen MR) is 144 cm³/mol. The molecule has 37 heavy (non-hydrogen) atoms. The number of halogens is 8. The van der Waals surface area contributed by atoms with Gasteiger partial charge in [0.25, 0.3) is 0 Å². The van der Waals surface area contributed by atoms with Crippen molar-refractivity contribution in [2.75, 3.05) is 0 Å². The van der Waals surface area contributed by atoms with E-state index in [1.807, 2.05) is 0 Å². The van der Waals surface area contributed by atoms with Crippen LogP contribution in [-0.2, 0) is 4.79 Å². The van der Waals surface area contributed by atoms with Gasteiger partial charge in [0.05, 0.1) is 20.1 Å². The van der Waals surface area contributed by atoms with E-state index >= 15 is 0 Å². The number of hydrogen-bond donors (Lipinski definition) is 0. The number of amidine groups is 1. The van der Waals surface area contributed by atoms with Crippen LogP contribution in [0.15, 0.2) is 34.3 Å². The van der Waals surface area contributed by atoms with E-state index < -0.39 is 5.91 Å². The van der Waals surface area contributed by atoms with E-state index in [4.69, 9.17) is 92.8 Å². The molecule has 4 rings (SSSR count). The number of carbonyl (C=O) groups is 1. The second-order valence-electron chi connectivity index (χ2n) is 6.71. The summed E-state index contributed by atoms with van der Waals surface area (Å²) in [6.07, 6.45) is 4.30. The number of amides is 1. The summed E-state index contributed by atoms with van der Waals surface area (Å²) in [4.78, 5) is 32.2. The van der Waals surface area contributed by atoms with E-state index in [1.165, 1.54) is 0 Å². The van der Waals surface area contributed by atoms with Gasteiger partial charge in [-0.3, -0.25) is 4.79 Å². The fraction of sp³-hybridized carbons (Fsp3) is 0. The zero-order valence-corrected chi connectivity index (χ0v) is 28.5. The third kappa shape index (κ3) is 6.52. The van der Waals surface area contributed by atoms with Gasteiger partial charge >= 0.3 is 59.1 Å². The summed E-state index contributed by atoms with van der Waals surface area (Å²) < 4.78 is 0. The summed E-state index contributed by atoms with van der Waals surface area (Å²) in [7, 11) is 0. The molecule has 3 aromatic carbocycles. The van der Waals surface area contributed by atoms with Crippen LogP contribution in [0.4, 0.5) is 11.4 Å². The average molecular weight is 672 g/mol. The molecule has 0 unspecified atom stereocenters. The maximum absolute atomic E-state index is 12.3. The molecule has 0 aliphatic carbocycles. The molecule has 0 aromatic heterocycles. The Morgan fingerprint density at radius 2 is 1.08 bits per heavy atom. The zero-order chi connectivity index (χ0) is 25.6. The predicted octanol–water partition coefficient (Wildman–Crippen LogP) is 3.61. The quantitative estimate of drug-likeness (QED) is 0.140. The Balaban J connectivity index is 0.00000241. The summed E-state index contributed by atoms with van der Waals surface area (Å²) in [5.74, 6) is -0.610. The van der Waals surface area contributed by atoms with E-state index in [-0.39, 0.29) is 127 Å². The smallest absolute Gasteiger partial charge is 0.436 e. The van der Waals surface area contributed by atoms with Crippen LogP contribution < -0.4 is 59.1 Å². The van der Waals surface area contributed by atoms with Gasteiger partial charge in [-0.15, -0.1) is 6.21 Å². The van der Waals surface area contributed by atoms with Gasteiger partial charge in [-0.2, -0.15) is 23.2 Å². The van der Waals surface area contributed by atoms with Crippen molar-refractivity contribution < 1.29 is 68.7 Å². The molecular formula is C22H4Cl8N3Na2O2-. The first-order valence-electron chi connectivity index (χ1n) is 9.08. The van der Waals surface area contributed by atoms with Crippen molar-refractivity contribution in [1.29, 1.82) is 0 Å². The minimum Gasteiger partial charge on any atom is -0.436 e. The Morgan fingerprint density at radius 3 is 1.62 bits per heavy atom. The zero-order valence-electron chi connectivity index (χ0n) is 18.5. The van der Waals surface area contributed by atoms with Crippen LogP contribution in [0.25, 0.3) is 5.32 Å². The first kappa shape index (κ1) is 33.7. The van der Waals surface area contributed by atoms with Crippen LogP contribution in [-0.4, -0.2) is 24.2 Å². The Bertz CT molecular complexity index is 1500. The molecule has 1 amide bonds. The second kappa shape index (κ2) is 13.9. The third-order valence-corrected chi connectivity index (χ3v) is 8.27. The van der Waals surface area contributed by atoms with Gasteiger partial charge in [-0.25, -0.2) is 11.1 Å². The van der Waals surface area contributed by atoms with Gasteiger partial charge in [-0.1, -0.05) is 104 Å². The number of carbonyl (C=O) groups excluding carboxylic acids is 2. The molecule has 0 N–H and O–H groups in total. The van der Waals surface area contributed by atoms with Gasteiger partial charge in [0.2, 0.25) is 0 Å². The molecule has 1 heterocycles. The van der Waals surface area contributed by atoms with Gasteiger partial charge in [0.1, 0.15) is 0 Å². The Morgan fingerprint density at radius 1 is 0.622 bits per heavy atom. The van der Waals surface area contributed by atoms with Crippen LogP contribution >= 0.6 is 92.8 Å². The van der Waals surface area contributed by atoms with Gasteiger partial charge in [-0.05, 0) is 17.2 Å². The molecule has 0 fully saturated rings. The first-order chi connectivity index (χ1) is 16.6. The Labute approximate surface area is 295 Å². The maximum Gasteiger partial charge on any atom is 1.00 e. The van der Waals surface area contributed by atoms with Crippen molar-refractivity contribution >= 4 is 128 Å². The minimum atomic E-state index is -0.639. The molecule has 0 bridgehead atoms. The molecule has 3 aromatic rings. The fourth-order valence-electron chi connectivity index (χ4n) is 3.01. The topological polar surface area (TPSA) is 73.0 Å². The largest absolute Gasteiger partial charge is 1.00 e. The van der Waals surface area contributed by atoms with E-state index in [2.05, 4.69) is 21.5 Å². The number of rotatable bonds is 4. The number of nitrogens with zero attached hydrogens (tertiary/aromatic N) is 3. The molecule has 1 aliphatic rings. The molecular weight excluding hydrogens is 668 g/mol. The minimum absolute atomic E-state index is 0. The number of fused-ring (bicyclic) bond motifs is 1.